The van der Waals surface area contributed by atoms with Gasteiger partial charge in [-0.15, -0.1) is 0 Å². The number of nitrogens with one attached hydrogen (secondary N) is 1. The fourth-order valence-electron chi connectivity index (χ4n) is 3.43. The van der Waals surface area contributed by atoms with Crippen molar-refractivity contribution in [1.82, 2.24) is 10.2 Å². The summed E-state index contributed by atoms with van der Waals surface area (Å²) < 4.78 is 5.22. The molecule has 1 aromatic rings. The second-order valence-corrected chi connectivity index (χ2v) is 6.37. The first-order valence-corrected chi connectivity index (χ1v) is 7.83. The second kappa shape index (κ2) is 5.74. The molecule has 1 aromatic carbocycles. The number of nitrogens with zero attached hydrogens (tertiary/aromatic N) is 1. The van der Waals surface area contributed by atoms with Gasteiger partial charge < -0.3 is 10.1 Å². The maximum Gasteiger partial charge on any atom is 0.118 e. The van der Waals surface area contributed by atoms with E-state index in [0.717, 1.165) is 17.8 Å². The highest BCUT2D eigenvalue weighted by atomic mass is 16.5. The predicted molar refractivity (Wildman–Crippen MR) is 82.1 cm³/mol. The maximum atomic E-state index is 5.22. The molecule has 0 aromatic heterocycles. The Bertz CT molecular complexity index is 441. The zero-order valence-corrected chi connectivity index (χ0v) is 12.8. The van der Waals surface area contributed by atoms with Crippen LogP contribution in [0.5, 0.6) is 5.75 Å². The Hall–Kier alpha value is -1.06. The van der Waals surface area contributed by atoms with Crippen LogP contribution in [0.1, 0.15) is 44.7 Å². The third-order valence-corrected chi connectivity index (χ3v) is 4.74. The van der Waals surface area contributed by atoms with E-state index in [1.165, 1.54) is 31.4 Å². The normalized spacial score (nSPS) is 28.6. The van der Waals surface area contributed by atoms with Gasteiger partial charge in [-0.05, 0) is 50.8 Å². The number of rotatable bonds is 5. The molecule has 3 nitrogen and oxygen atoms in total. The maximum absolute atomic E-state index is 5.22. The molecule has 0 bridgehead atoms. The van der Waals surface area contributed by atoms with Gasteiger partial charge >= 0.3 is 0 Å². The number of benzene rings is 1. The molecule has 3 atom stereocenters. The van der Waals surface area contributed by atoms with Gasteiger partial charge in [0.25, 0.3) is 0 Å². The lowest BCUT2D eigenvalue weighted by atomic mass is 10.1. The summed E-state index contributed by atoms with van der Waals surface area (Å²) >= 11 is 0. The van der Waals surface area contributed by atoms with Gasteiger partial charge in [0.1, 0.15) is 5.75 Å². The topological polar surface area (TPSA) is 24.5 Å². The van der Waals surface area contributed by atoms with Crippen molar-refractivity contribution in [1.29, 1.82) is 0 Å². The highest BCUT2D eigenvalue weighted by Crippen LogP contribution is 2.33. The van der Waals surface area contributed by atoms with Crippen molar-refractivity contribution >= 4 is 0 Å². The smallest absolute Gasteiger partial charge is 0.118 e. The van der Waals surface area contributed by atoms with Crippen LogP contribution in [-0.4, -0.2) is 36.7 Å². The molecule has 110 valence electrons. The zero-order valence-electron chi connectivity index (χ0n) is 12.8. The van der Waals surface area contributed by atoms with E-state index >= 15 is 0 Å². The third-order valence-electron chi connectivity index (χ3n) is 4.74. The summed E-state index contributed by atoms with van der Waals surface area (Å²) in [6.45, 7) is 5.84. The van der Waals surface area contributed by atoms with Gasteiger partial charge in [0, 0.05) is 30.7 Å². The number of ether oxygens (including phenoxy) is 1. The first kappa shape index (κ1) is 13.9. The molecule has 1 N–H and O–H groups in total. The SMILES string of the molecule is COc1ccc([C@@H](C)NC2CC(C)N(C3CC3)C2)cc1. The molecule has 0 radical (unpaired) electrons. The first-order chi connectivity index (χ1) is 9.67. The molecule has 2 fully saturated rings. The third kappa shape index (κ3) is 2.99. The van der Waals surface area contributed by atoms with Gasteiger partial charge in [-0.25, -0.2) is 0 Å². The van der Waals surface area contributed by atoms with Gasteiger partial charge in [-0.1, -0.05) is 12.1 Å². The summed E-state index contributed by atoms with van der Waals surface area (Å²) in [5, 5.41) is 3.79. The summed E-state index contributed by atoms with van der Waals surface area (Å²) in [5.74, 6) is 0.926. The average Bonchev–Trinajstić information content (AvgIpc) is 3.23. The van der Waals surface area contributed by atoms with Crippen LogP contribution in [0.4, 0.5) is 0 Å². The summed E-state index contributed by atoms with van der Waals surface area (Å²) in [7, 11) is 1.71. The Morgan fingerprint density at radius 3 is 2.55 bits per heavy atom. The lowest BCUT2D eigenvalue weighted by Gasteiger charge is -2.21. The Morgan fingerprint density at radius 1 is 1.25 bits per heavy atom. The number of hydrogen-bond acceptors (Lipinski definition) is 3. The van der Waals surface area contributed by atoms with E-state index in [1.807, 2.05) is 12.1 Å². The highest BCUT2D eigenvalue weighted by Gasteiger charge is 2.38. The Morgan fingerprint density at radius 2 is 1.95 bits per heavy atom. The number of likely N-dealkylation sites (tertiary alicyclic amines) is 1. The molecular weight excluding hydrogens is 248 g/mol. The van der Waals surface area contributed by atoms with Crippen molar-refractivity contribution in [3.63, 3.8) is 0 Å². The molecule has 1 aliphatic carbocycles. The average molecular weight is 274 g/mol. The lowest BCUT2D eigenvalue weighted by molar-refractivity contribution is 0.254. The van der Waals surface area contributed by atoms with E-state index in [4.69, 9.17) is 4.74 Å². The Kier molecular flexibility index (Phi) is 3.99. The molecule has 20 heavy (non-hydrogen) atoms. The molecule has 3 heteroatoms. The highest BCUT2D eigenvalue weighted by molar-refractivity contribution is 5.28. The minimum Gasteiger partial charge on any atom is -0.497 e. The molecule has 1 saturated heterocycles. The molecule has 1 aliphatic heterocycles. The molecule has 1 heterocycles. The van der Waals surface area contributed by atoms with E-state index in [9.17, 15) is 0 Å². The second-order valence-electron chi connectivity index (χ2n) is 6.37. The van der Waals surface area contributed by atoms with Crippen molar-refractivity contribution < 1.29 is 4.74 Å². The van der Waals surface area contributed by atoms with Crippen LogP contribution in [0.15, 0.2) is 24.3 Å². The van der Waals surface area contributed by atoms with Gasteiger partial charge in [-0.3, -0.25) is 4.90 Å². The largest absolute Gasteiger partial charge is 0.497 e. The fraction of sp³-hybridized carbons (Fsp3) is 0.647. The van der Waals surface area contributed by atoms with Crippen LogP contribution in [0.2, 0.25) is 0 Å². The molecule has 2 unspecified atom stereocenters. The molecular formula is C17H26N2O. The molecule has 0 spiro atoms. The monoisotopic (exact) mass is 274 g/mol. The Balaban J connectivity index is 1.56. The van der Waals surface area contributed by atoms with Gasteiger partial charge in [0.2, 0.25) is 0 Å². The zero-order chi connectivity index (χ0) is 14.1. The van der Waals surface area contributed by atoms with Gasteiger partial charge in [0.05, 0.1) is 7.11 Å². The molecule has 0 amide bonds. The van der Waals surface area contributed by atoms with Crippen LogP contribution >= 0.6 is 0 Å². The minimum atomic E-state index is 0.400. The fourth-order valence-corrected chi connectivity index (χ4v) is 3.43. The molecule has 1 saturated carbocycles. The molecule has 2 aliphatic rings. The first-order valence-electron chi connectivity index (χ1n) is 7.83. The van der Waals surface area contributed by atoms with E-state index in [-0.39, 0.29) is 0 Å². The van der Waals surface area contributed by atoms with Crippen molar-refractivity contribution in [3.05, 3.63) is 29.8 Å². The number of hydrogen-bond donors (Lipinski definition) is 1. The Labute approximate surface area is 122 Å². The van der Waals surface area contributed by atoms with Crippen LogP contribution in [0.25, 0.3) is 0 Å². The standard InChI is InChI=1S/C17H26N2O/c1-12-10-15(11-19(12)16-6-7-16)18-13(2)14-4-8-17(20-3)9-5-14/h4-5,8-9,12-13,15-16,18H,6-7,10-11H2,1-3H3/t12?,13-,15?/m1/s1. The summed E-state index contributed by atoms with van der Waals surface area (Å²) in [6.07, 6.45) is 4.09. The van der Waals surface area contributed by atoms with Crippen molar-refractivity contribution in [2.75, 3.05) is 13.7 Å². The molecule has 3 rings (SSSR count). The summed E-state index contributed by atoms with van der Waals surface area (Å²) in [4.78, 5) is 2.69. The van der Waals surface area contributed by atoms with Crippen molar-refractivity contribution in [2.45, 2.75) is 57.3 Å². The van der Waals surface area contributed by atoms with Crippen LogP contribution in [0.3, 0.4) is 0 Å². The van der Waals surface area contributed by atoms with Crippen LogP contribution < -0.4 is 10.1 Å². The van der Waals surface area contributed by atoms with E-state index < -0.39 is 0 Å². The minimum absolute atomic E-state index is 0.400. The predicted octanol–water partition coefficient (Wildman–Crippen LogP) is 2.97. The lowest BCUT2D eigenvalue weighted by Crippen LogP contribution is -2.35. The van der Waals surface area contributed by atoms with Crippen molar-refractivity contribution in [3.8, 4) is 5.75 Å². The van der Waals surface area contributed by atoms with E-state index in [1.54, 1.807) is 7.11 Å². The summed E-state index contributed by atoms with van der Waals surface area (Å²) in [6, 6.07) is 11.1. The van der Waals surface area contributed by atoms with Crippen LogP contribution in [0, 0.1) is 0 Å². The number of methoxy groups -OCH3 is 1. The van der Waals surface area contributed by atoms with Gasteiger partial charge in [0.15, 0.2) is 0 Å². The van der Waals surface area contributed by atoms with E-state index in [2.05, 4.69) is 36.2 Å². The van der Waals surface area contributed by atoms with Crippen molar-refractivity contribution in [2.24, 2.45) is 0 Å². The van der Waals surface area contributed by atoms with E-state index in [0.29, 0.717) is 12.1 Å². The summed E-state index contributed by atoms with van der Waals surface area (Å²) in [5.41, 5.74) is 1.34. The quantitative estimate of drug-likeness (QED) is 0.893. The van der Waals surface area contributed by atoms with Gasteiger partial charge in [-0.2, -0.15) is 0 Å². The van der Waals surface area contributed by atoms with Crippen LogP contribution in [-0.2, 0) is 0 Å².